The molecule has 30 heavy (non-hydrogen) atoms. The van der Waals surface area contributed by atoms with Crippen molar-refractivity contribution in [2.24, 2.45) is 17.3 Å². The number of nitrogens with one attached hydrogen (secondary N) is 2. The molecule has 4 fully saturated rings. The number of para-hydroxylation sites is 1. The Morgan fingerprint density at radius 1 is 1.23 bits per heavy atom. The number of benzene rings is 1. The smallest absolute Gasteiger partial charge is 0.255 e. The summed E-state index contributed by atoms with van der Waals surface area (Å²) in [6.07, 6.45) is 5.67. The van der Waals surface area contributed by atoms with Gasteiger partial charge in [0.2, 0.25) is 5.91 Å². The highest BCUT2D eigenvalue weighted by Gasteiger charge is 2.60. The van der Waals surface area contributed by atoms with Crippen LogP contribution in [0, 0.1) is 17.3 Å². The van der Waals surface area contributed by atoms with Gasteiger partial charge in [-0.25, -0.2) is 0 Å². The molecule has 1 spiro atoms. The number of hydrogen-bond donors (Lipinski definition) is 2. The Labute approximate surface area is 178 Å². The fourth-order valence-corrected chi connectivity index (χ4v) is 6.38. The standard InChI is InChI=1S/C24H32N4O2/c1-3-10-27-11-13-28(14-12-27)22(30)19-15-17-8-9-23(19,2)16-24(17)25-20-7-5-4-6-18(20)21(29)26-24/h3-7,17,19,25H,1,8-16H2,2H3,(H,26,29). The first-order valence-electron chi connectivity index (χ1n) is 11.3. The van der Waals surface area contributed by atoms with Gasteiger partial charge in [0.1, 0.15) is 5.66 Å². The highest BCUT2D eigenvalue weighted by atomic mass is 16.2. The second kappa shape index (κ2) is 7.12. The van der Waals surface area contributed by atoms with Crippen molar-refractivity contribution in [3.63, 3.8) is 0 Å². The van der Waals surface area contributed by atoms with Gasteiger partial charge in [-0.2, -0.15) is 0 Å². The van der Waals surface area contributed by atoms with Crippen molar-refractivity contribution in [3.05, 3.63) is 42.5 Å². The van der Waals surface area contributed by atoms with E-state index in [2.05, 4.69) is 33.9 Å². The Kier molecular flexibility index (Phi) is 4.65. The number of rotatable bonds is 3. The first-order chi connectivity index (χ1) is 14.4. The van der Waals surface area contributed by atoms with E-state index in [1.807, 2.05) is 30.3 Å². The highest BCUT2D eigenvalue weighted by molar-refractivity contribution is 6.02. The van der Waals surface area contributed by atoms with Crippen molar-refractivity contribution in [2.45, 2.75) is 38.3 Å². The fraction of sp³-hybridized carbons (Fsp3) is 0.583. The molecule has 1 aromatic rings. The van der Waals surface area contributed by atoms with Gasteiger partial charge in [0.15, 0.2) is 0 Å². The number of carbonyl (C=O) groups is 2. The van der Waals surface area contributed by atoms with Crippen LogP contribution in [0.2, 0.25) is 0 Å². The maximum atomic E-state index is 13.5. The molecule has 3 saturated carbocycles. The second-order valence-corrected chi connectivity index (χ2v) is 9.87. The molecule has 6 nitrogen and oxygen atoms in total. The molecule has 2 heterocycles. The Morgan fingerprint density at radius 2 is 2.00 bits per heavy atom. The van der Waals surface area contributed by atoms with Gasteiger partial charge >= 0.3 is 0 Å². The third kappa shape index (κ3) is 3.04. The number of anilines is 1. The minimum atomic E-state index is -0.433. The summed E-state index contributed by atoms with van der Waals surface area (Å²) in [7, 11) is 0. The molecule has 160 valence electrons. The SMILES string of the molecule is C=CCN1CCN(C(=O)C2CC3CCC2(C)CC32NC(=O)c3ccccc3N2)CC1. The average Bonchev–Trinajstić information content (AvgIpc) is 2.74. The second-order valence-electron chi connectivity index (χ2n) is 9.87. The zero-order valence-electron chi connectivity index (χ0n) is 17.8. The molecule has 3 aliphatic carbocycles. The normalized spacial score (nSPS) is 35.5. The molecular weight excluding hydrogens is 376 g/mol. The number of hydrogen-bond acceptors (Lipinski definition) is 4. The van der Waals surface area contributed by atoms with E-state index in [-0.39, 0.29) is 23.2 Å². The third-order valence-corrected chi connectivity index (χ3v) is 8.04. The molecule has 2 amide bonds. The summed E-state index contributed by atoms with van der Waals surface area (Å²) in [5, 5.41) is 7.00. The Hall–Kier alpha value is -2.34. The van der Waals surface area contributed by atoms with Crippen LogP contribution in [0.1, 0.15) is 43.0 Å². The first kappa shape index (κ1) is 19.6. The molecule has 2 bridgehead atoms. The molecule has 1 aromatic carbocycles. The van der Waals surface area contributed by atoms with Crippen LogP contribution < -0.4 is 10.6 Å². The van der Waals surface area contributed by atoms with Gasteiger partial charge < -0.3 is 15.5 Å². The number of fused-ring (bicyclic) bond motifs is 3. The minimum absolute atomic E-state index is 0.00159. The minimum Gasteiger partial charge on any atom is -0.362 e. The van der Waals surface area contributed by atoms with Crippen molar-refractivity contribution >= 4 is 17.5 Å². The lowest BCUT2D eigenvalue weighted by molar-refractivity contribution is -0.152. The summed E-state index contributed by atoms with van der Waals surface area (Å²) >= 11 is 0. The molecule has 1 saturated heterocycles. The van der Waals surface area contributed by atoms with Crippen LogP contribution in [-0.2, 0) is 4.79 Å². The summed E-state index contributed by atoms with van der Waals surface area (Å²) in [5.74, 6) is 0.635. The quantitative estimate of drug-likeness (QED) is 0.755. The summed E-state index contributed by atoms with van der Waals surface area (Å²) < 4.78 is 0. The van der Waals surface area contributed by atoms with Crippen molar-refractivity contribution < 1.29 is 9.59 Å². The van der Waals surface area contributed by atoms with Crippen molar-refractivity contribution in [1.29, 1.82) is 0 Å². The highest BCUT2D eigenvalue weighted by Crippen LogP contribution is 2.58. The van der Waals surface area contributed by atoms with E-state index < -0.39 is 5.66 Å². The topological polar surface area (TPSA) is 64.7 Å². The van der Waals surface area contributed by atoms with E-state index in [9.17, 15) is 9.59 Å². The van der Waals surface area contributed by atoms with E-state index in [1.54, 1.807) is 0 Å². The van der Waals surface area contributed by atoms with Crippen LogP contribution in [0.4, 0.5) is 5.69 Å². The van der Waals surface area contributed by atoms with Crippen LogP contribution in [0.5, 0.6) is 0 Å². The van der Waals surface area contributed by atoms with Crippen molar-refractivity contribution in [1.82, 2.24) is 15.1 Å². The van der Waals surface area contributed by atoms with Gasteiger partial charge in [0, 0.05) is 50.2 Å². The molecule has 6 rings (SSSR count). The van der Waals surface area contributed by atoms with E-state index >= 15 is 0 Å². The summed E-state index contributed by atoms with van der Waals surface area (Å²) in [4.78, 5) is 30.8. The molecule has 2 N–H and O–H groups in total. The third-order valence-electron chi connectivity index (χ3n) is 8.04. The average molecular weight is 409 g/mol. The number of amides is 2. The predicted octanol–water partition coefficient (Wildman–Crippen LogP) is 2.69. The van der Waals surface area contributed by atoms with E-state index in [4.69, 9.17) is 0 Å². The maximum Gasteiger partial charge on any atom is 0.255 e. The molecule has 0 aromatic heterocycles. The molecular formula is C24H32N4O2. The fourth-order valence-electron chi connectivity index (χ4n) is 6.38. The Bertz CT molecular complexity index is 878. The lowest BCUT2D eigenvalue weighted by atomic mass is 9.51. The number of piperazine rings is 1. The summed E-state index contributed by atoms with van der Waals surface area (Å²) in [6.45, 7) is 10.4. The van der Waals surface area contributed by atoms with Crippen LogP contribution in [0.3, 0.4) is 0 Å². The first-order valence-corrected chi connectivity index (χ1v) is 11.3. The van der Waals surface area contributed by atoms with Gasteiger partial charge in [0.05, 0.1) is 5.56 Å². The predicted molar refractivity (Wildman–Crippen MR) is 117 cm³/mol. The largest absolute Gasteiger partial charge is 0.362 e. The van der Waals surface area contributed by atoms with Gasteiger partial charge in [0.25, 0.3) is 5.91 Å². The van der Waals surface area contributed by atoms with E-state index in [0.717, 1.165) is 64.1 Å². The molecule has 4 atom stereocenters. The maximum absolute atomic E-state index is 13.5. The Balaban J connectivity index is 1.34. The van der Waals surface area contributed by atoms with Gasteiger partial charge in [-0.3, -0.25) is 14.5 Å². The van der Waals surface area contributed by atoms with Crippen molar-refractivity contribution in [2.75, 3.05) is 38.0 Å². The Morgan fingerprint density at radius 3 is 2.73 bits per heavy atom. The monoisotopic (exact) mass is 408 g/mol. The lowest BCUT2D eigenvalue weighted by Crippen LogP contribution is -2.70. The van der Waals surface area contributed by atoms with Gasteiger partial charge in [-0.05, 0) is 43.2 Å². The van der Waals surface area contributed by atoms with Crippen LogP contribution >= 0.6 is 0 Å². The van der Waals surface area contributed by atoms with Crippen LogP contribution in [-0.4, -0.2) is 60.0 Å². The number of carbonyl (C=O) groups excluding carboxylic acids is 2. The molecule has 5 aliphatic rings. The van der Waals surface area contributed by atoms with Gasteiger partial charge in [-0.1, -0.05) is 25.1 Å². The van der Waals surface area contributed by atoms with E-state index in [0.29, 0.717) is 11.5 Å². The summed E-state index contributed by atoms with van der Waals surface area (Å²) in [5.41, 5.74) is 1.09. The molecule has 0 radical (unpaired) electrons. The lowest BCUT2D eigenvalue weighted by Gasteiger charge is -2.61. The van der Waals surface area contributed by atoms with Gasteiger partial charge in [-0.15, -0.1) is 6.58 Å². The van der Waals surface area contributed by atoms with E-state index in [1.165, 1.54) is 0 Å². The van der Waals surface area contributed by atoms with Crippen LogP contribution in [0.25, 0.3) is 0 Å². The molecule has 2 aliphatic heterocycles. The zero-order chi connectivity index (χ0) is 20.9. The van der Waals surface area contributed by atoms with Crippen LogP contribution in [0.15, 0.2) is 36.9 Å². The number of nitrogens with zero attached hydrogens (tertiary/aromatic N) is 2. The zero-order valence-corrected chi connectivity index (χ0v) is 17.8. The molecule has 6 heteroatoms. The van der Waals surface area contributed by atoms with Crippen molar-refractivity contribution in [3.8, 4) is 0 Å². The summed E-state index contributed by atoms with van der Waals surface area (Å²) in [6, 6.07) is 7.73. The molecule has 4 unspecified atom stereocenters.